The lowest BCUT2D eigenvalue weighted by atomic mass is 9.90. The second kappa shape index (κ2) is 37.1. The predicted molar refractivity (Wildman–Crippen MR) is 401 cm³/mol. The number of anilines is 8. The number of urea groups is 4. The van der Waals surface area contributed by atoms with Crippen LogP contribution in [0.2, 0.25) is 0 Å². The molecule has 8 aromatic rings. The number of hydrogen-bond acceptors (Lipinski definition) is 9. The number of amides is 9. The van der Waals surface area contributed by atoms with Gasteiger partial charge in [0.1, 0.15) is 23.0 Å². The van der Waals surface area contributed by atoms with Gasteiger partial charge in [0.05, 0.1) is 26.4 Å². The molecule has 102 heavy (non-hydrogen) atoms. The van der Waals surface area contributed by atoms with Gasteiger partial charge in [-0.1, -0.05) is 130 Å². The van der Waals surface area contributed by atoms with Crippen molar-refractivity contribution in [1.82, 2.24) is 5.32 Å². The van der Waals surface area contributed by atoms with E-state index in [0.717, 1.165) is 54.4 Å². The molecule has 0 aliphatic heterocycles. The standard InChI is InChI=1S/C81H94F3N9O9/c1-8-36-99-72-56-40-58-46-69(91-78(96)87-65-29-21-53(5)22-30-65)48-60(73(58)100-37-9-2)42-62-50-71(93-80(98)89-67-33-25-55(7)26-34-67)51-63(75(62)102-39-18-16-14-12-11-13-15-17-35-85-76(94)81(82,83)84)43-61-49-70(92-79(97)88-66-31-23-54(6)24-32-66)47-59(74(61)101-38-10-3)41-57(72)45-68(44-56)90-77(95)86-64-27-19-52(4)20-28-64/h19-34,44-51H,8-18,35-43H2,1-7H3,(H,85,94)(H2,86,90,95)(H2,87,91,96)(H2,88,92,97)(H2,89,93,98). The maximum absolute atomic E-state index is 14.3. The zero-order valence-electron chi connectivity index (χ0n) is 59.3. The molecule has 18 nitrogen and oxygen atoms in total. The van der Waals surface area contributed by atoms with Gasteiger partial charge in [-0.3, -0.25) is 4.79 Å². The van der Waals surface area contributed by atoms with Crippen molar-refractivity contribution in [3.63, 3.8) is 0 Å². The van der Waals surface area contributed by atoms with E-state index in [9.17, 15) is 37.1 Å². The molecule has 0 spiro atoms. The summed E-state index contributed by atoms with van der Waals surface area (Å²) < 4.78 is 66.2. The molecule has 0 saturated heterocycles. The second-order valence-corrected chi connectivity index (χ2v) is 26.0. The molecule has 0 saturated carbocycles. The van der Waals surface area contributed by atoms with Crippen LogP contribution in [-0.2, 0) is 30.5 Å². The number of nitrogens with one attached hydrogen (secondary N) is 9. The number of carbonyl (C=O) groups is 5. The predicted octanol–water partition coefficient (Wildman–Crippen LogP) is 19.7. The zero-order chi connectivity index (χ0) is 72.5. The minimum Gasteiger partial charge on any atom is -0.493 e. The van der Waals surface area contributed by atoms with E-state index in [0.29, 0.717) is 171 Å². The molecule has 0 aromatic heterocycles. The Morgan fingerprint density at radius 3 is 0.765 bits per heavy atom. The maximum Gasteiger partial charge on any atom is 0.471 e. The monoisotopic (exact) mass is 1390 g/mol. The molecule has 0 unspecified atom stereocenters. The van der Waals surface area contributed by atoms with Gasteiger partial charge < -0.3 is 66.8 Å². The Kier molecular flexibility index (Phi) is 27.5. The van der Waals surface area contributed by atoms with Crippen LogP contribution in [0, 0.1) is 27.7 Å². The van der Waals surface area contributed by atoms with Crippen LogP contribution < -0.4 is 66.8 Å². The highest BCUT2D eigenvalue weighted by Crippen LogP contribution is 2.43. The third-order valence-electron chi connectivity index (χ3n) is 17.0. The lowest BCUT2D eigenvalue weighted by molar-refractivity contribution is -0.173. The summed E-state index contributed by atoms with van der Waals surface area (Å²) in [7, 11) is 0. The molecule has 538 valence electrons. The third-order valence-corrected chi connectivity index (χ3v) is 17.0. The zero-order valence-corrected chi connectivity index (χ0v) is 59.3. The minimum atomic E-state index is -4.91. The van der Waals surface area contributed by atoms with Crippen LogP contribution in [0.15, 0.2) is 146 Å². The number of alkyl halides is 3. The van der Waals surface area contributed by atoms with E-state index < -0.39 is 36.2 Å². The molecule has 0 radical (unpaired) electrons. The van der Waals surface area contributed by atoms with Crippen LogP contribution in [0.3, 0.4) is 0 Å². The number of benzene rings is 8. The van der Waals surface area contributed by atoms with Crippen LogP contribution in [0.1, 0.15) is 158 Å². The van der Waals surface area contributed by atoms with Gasteiger partial charge in [0.25, 0.3) is 0 Å². The Hall–Kier alpha value is -10.7. The lowest BCUT2D eigenvalue weighted by Crippen LogP contribution is -2.37. The molecule has 9 N–H and O–H groups in total. The summed E-state index contributed by atoms with van der Waals surface area (Å²) >= 11 is 0. The fourth-order valence-electron chi connectivity index (χ4n) is 12.0. The quantitative estimate of drug-likeness (QED) is 0.0203. The van der Waals surface area contributed by atoms with E-state index in [1.54, 1.807) is 0 Å². The molecule has 9 amide bonds. The van der Waals surface area contributed by atoms with Crippen molar-refractivity contribution in [3.8, 4) is 23.0 Å². The van der Waals surface area contributed by atoms with Crippen LogP contribution in [0.5, 0.6) is 23.0 Å². The van der Waals surface area contributed by atoms with Crippen molar-refractivity contribution < 1.29 is 56.1 Å². The van der Waals surface area contributed by atoms with Gasteiger partial charge in [-0.05, 0) is 157 Å². The van der Waals surface area contributed by atoms with Crippen molar-refractivity contribution in [3.05, 3.63) is 212 Å². The van der Waals surface area contributed by atoms with Gasteiger partial charge in [-0.2, -0.15) is 13.2 Å². The second-order valence-electron chi connectivity index (χ2n) is 26.0. The van der Waals surface area contributed by atoms with Gasteiger partial charge >= 0.3 is 36.2 Å². The summed E-state index contributed by atoms with van der Waals surface area (Å²) in [6.45, 7) is 15.2. The van der Waals surface area contributed by atoms with Crippen molar-refractivity contribution in [2.24, 2.45) is 0 Å². The van der Waals surface area contributed by atoms with Gasteiger partial charge in [0.15, 0.2) is 0 Å². The fourth-order valence-corrected chi connectivity index (χ4v) is 12.0. The fraction of sp³-hybridized carbons (Fsp3) is 0.346. The van der Waals surface area contributed by atoms with E-state index in [4.69, 9.17) is 18.9 Å². The Morgan fingerprint density at radius 2 is 0.529 bits per heavy atom. The lowest BCUT2D eigenvalue weighted by Gasteiger charge is -2.25. The molecular weight excluding hydrogens is 1300 g/mol. The van der Waals surface area contributed by atoms with Crippen LogP contribution >= 0.6 is 0 Å². The number of ether oxygens (including phenoxy) is 4. The molecule has 0 heterocycles. The molecule has 9 rings (SSSR count). The Morgan fingerprint density at radius 1 is 0.314 bits per heavy atom. The molecule has 8 bridgehead atoms. The molecule has 0 fully saturated rings. The third kappa shape index (κ3) is 22.9. The summed E-state index contributed by atoms with van der Waals surface area (Å²) in [6.07, 6.45) is 3.63. The van der Waals surface area contributed by atoms with Crippen molar-refractivity contribution in [1.29, 1.82) is 0 Å². The maximum atomic E-state index is 14.3. The summed E-state index contributed by atoms with van der Waals surface area (Å²) in [5.41, 5.74) is 13.6. The molecule has 1 aliphatic rings. The summed E-state index contributed by atoms with van der Waals surface area (Å²) in [5, 5.41) is 26.5. The van der Waals surface area contributed by atoms with Crippen molar-refractivity contribution in [2.45, 2.75) is 151 Å². The minimum absolute atomic E-state index is 0.0393. The van der Waals surface area contributed by atoms with Crippen molar-refractivity contribution >= 4 is 75.5 Å². The van der Waals surface area contributed by atoms with Crippen molar-refractivity contribution in [2.75, 3.05) is 75.5 Å². The average Bonchev–Trinajstić information content (AvgIpc) is 0.774. The number of rotatable bonds is 29. The number of halogens is 3. The number of fused-ring (bicyclic) bond motifs is 8. The van der Waals surface area contributed by atoms with Crippen LogP contribution in [0.25, 0.3) is 0 Å². The average molecular weight is 1390 g/mol. The first kappa shape index (κ1) is 75.5. The van der Waals surface area contributed by atoms with Gasteiger partial charge in [0.2, 0.25) is 0 Å². The molecule has 21 heteroatoms. The smallest absolute Gasteiger partial charge is 0.471 e. The SMILES string of the molecule is CCCOc1c2cc(NC(=O)Nc3ccc(C)cc3)cc1Cc1cc(NC(=O)Nc3ccc(C)cc3)cc(c1OCCC)Cc1cc(NC(=O)Nc3ccc(C)cc3)cc(c1OCCCCCCCCCCNC(=O)C(F)(F)F)Cc1cc(NC(=O)Nc3ccc(C)cc3)cc(c1OCCC)C2. The Bertz CT molecular complexity index is 4000. The highest BCUT2D eigenvalue weighted by Gasteiger charge is 2.38. The number of hydrogen-bond donors (Lipinski definition) is 9. The van der Waals surface area contributed by atoms with E-state index in [1.165, 1.54) is 0 Å². The number of carbonyl (C=O) groups excluding carboxylic acids is 5. The molecular formula is C81H94F3N9O9. The van der Waals surface area contributed by atoms with E-state index in [2.05, 4.69) is 42.5 Å². The highest BCUT2D eigenvalue weighted by atomic mass is 19.4. The summed E-state index contributed by atoms with van der Waals surface area (Å²) in [5.74, 6) is 0.242. The largest absolute Gasteiger partial charge is 0.493 e. The summed E-state index contributed by atoms with van der Waals surface area (Å²) in [6, 6.07) is 43.2. The van der Waals surface area contributed by atoms with Crippen LogP contribution in [0.4, 0.5) is 77.8 Å². The Labute approximate surface area is 596 Å². The Balaban J connectivity index is 1.22. The normalized spacial score (nSPS) is 11.7. The van der Waals surface area contributed by atoms with Crippen LogP contribution in [-0.4, -0.2) is 69.2 Å². The van der Waals surface area contributed by atoms with E-state index in [-0.39, 0.29) is 38.8 Å². The number of aryl methyl sites for hydroxylation is 4. The highest BCUT2D eigenvalue weighted by molar-refractivity contribution is 6.02. The first-order valence-electron chi connectivity index (χ1n) is 35.3. The first-order valence-corrected chi connectivity index (χ1v) is 35.3. The molecule has 8 aromatic carbocycles. The van der Waals surface area contributed by atoms with Gasteiger partial charge in [-0.25, -0.2) is 19.2 Å². The van der Waals surface area contributed by atoms with E-state index >= 15 is 0 Å². The molecule has 1 aliphatic carbocycles. The topological polar surface area (TPSA) is 231 Å². The van der Waals surface area contributed by atoms with E-state index in [1.807, 2.05) is 199 Å². The number of unbranched alkanes of at least 4 members (excludes halogenated alkanes) is 7. The van der Waals surface area contributed by atoms with Gasteiger partial charge in [-0.15, -0.1) is 0 Å². The summed E-state index contributed by atoms with van der Waals surface area (Å²) in [4.78, 5) is 68.5. The molecule has 0 atom stereocenters. The van der Waals surface area contributed by atoms with Gasteiger partial charge in [0, 0.05) is 122 Å². The first-order chi connectivity index (χ1) is 49.2.